The van der Waals surface area contributed by atoms with Crippen molar-refractivity contribution < 1.29 is 19.8 Å². The highest BCUT2D eigenvalue weighted by molar-refractivity contribution is 5.92. The fourth-order valence-corrected chi connectivity index (χ4v) is 12.3. The molecule has 0 radical (unpaired) electrons. The van der Waals surface area contributed by atoms with Gasteiger partial charge in [0.05, 0.1) is 23.3 Å². The number of carbonyl (C=O) groups excluding carboxylic acids is 2. The Morgan fingerprint density at radius 3 is 1.89 bits per heavy atom. The van der Waals surface area contributed by atoms with E-state index in [9.17, 15) is 25.1 Å². The fourth-order valence-electron chi connectivity index (χ4n) is 12.3. The summed E-state index contributed by atoms with van der Waals surface area (Å²) in [7, 11) is 0. The molecule has 1 heterocycles. The van der Waals surface area contributed by atoms with Crippen LogP contribution in [0.1, 0.15) is 89.9 Å². The lowest BCUT2D eigenvalue weighted by Crippen LogP contribution is -2.69. The number of rotatable bonds is 5. The number of fused-ring (bicyclic) bond motifs is 1. The van der Waals surface area contributed by atoms with Crippen LogP contribution in [-0.2, 0) is 9.59 Å². The summed E-state index contributed by atoms with van der Waals surface area (Å²) in [5.74, 6) is 1.58. The number of hydrogen-bond donors (Lipinski definition) is 4. The Balaban J connectivity index is 1.12. The summed E-state index contributed by atoms with van der Waals surface area (Å²) in [6.07, 6.45) is 11.6. The fraction of sp³-hybridized carbons (Fsp3) is 0.900. The first-order chi connectivity index (χ1) is 18.0. The van der Waals surface area contributed by atoms with Crippen LogP contribution in [0.5, 0.6) is 0 Å². The minimum absolute atomic E-state index is 0.106. The van der Waals surface area contributed by atoms with Gasteiger partial charge in [0.2, 0.25) is 11.8 Å². The first-order valence-electron chi connectivity index (χ1n) is 15.2. The second kappa shape index (κ2) is 7.53. The smallest absolute Gasteiger partial charge is 0.247 e. The van der Waals surface area contributed by atoms with Gasteiger partial charge >= 0.3 is 0 Å². The van der Waals surface area contributed by atoms with Gasteiger partial charge in [0.1, 0.15) is 12.1 Å². The van der Waals surface area contributed by atoms with Gasteiger partial charge in [0.25, 0.3) is 0 Å². The lowest BCUT2D eigenvalue weighted by molar-refractivity contribution is -0.185. The van der Waals surface area contributed by atoms with Crippen LogP contribution >= 0.6 is 0 Å². The van der Waals surface area contributed by atoms with E-state index in [-0.39, 0.29) is 17.9 Å². The van der Waals surface area contributed by atoms with Crippen LogP contribution in [0.3, 0.4) is 0 Å². The second-order valence-electron chi connectivity index (χ2n) is 15.7. The predicted octanol–water partition coefficient (Wildman–Crippen LogP) is 1.97. The van der Waals surface area contributed by atoms with Crippen molar-refractivity contribution in [2.24, 2.45) is 46.2 Å². The number of hydrogen-bond acceptors (Lipinski definition) is 6. The summed E-state index contributed by atoms with van der Waals surface area (Å²) < 4.78 is 0. The third kappa shape index (κ3) is 3.37. The zero-order chi connectivity index (χ0) is 26.2. The third-order valence-electron chi connectivity index (χ3n) is 12.7. The number of carbonyl (C=O) groups is 2. The Labute approximate surface area is 224 Å². The predicted molar refractivity (Wildman–Crippen MR) is 137 cm³/mol. The largest absolute Gasteiger partial charge is 0.390 e. The van der Waals surface area contributed by atoms with Crippen LogP contribution in [0.2, 0.25) is 0 Å². The molecule has 10 rings (SSSR count). The van der Waals surface area contributed by atoms with Crippen molar-refractivity contribution >= 4 is 11.8 Å². The van der Waals surface area contributed by atoms with E-state index in [4.69, 9.17) is 5.73 Å². The average Bonchev–Trinajstić information content (AvgIpc) is 3.47. The molecule has 0 aromatic carbocycles. The van der Waals surface area contributed by atoms with E-state index in [2.05, 4.69) is 11.4 Å². The number of nitriles is 1. The first kappa shape index (κ1) is 24.1. The molecule has 0 aromatic heterocycles. The van der Waals surface area contributed by atoms with E-state index in [1.165, 1.54) is 0 Å². The molecule has 5 N–H and O–H groups in total. The van der Waals surface area contributed by atoms with Gasteiger partial charge in [-0.2, -0.15) is 5.26 Å². The molecule has 2 amide bonds. The summed E-state index contributed by atoms with van der Waals surface area (Å²) in [4.78, 5) is 30.3. The molecule has 9 aliphatic carbocycles. The van der Waals surface area contributed by atoms with E-state index in [1.54, 1.807) is 4.90 Å². The zero-order valence-electron chi connectivity index (χ0n) is 22.3. The van der Waals surface area contributed by atoms with E-state index >= 15 is 0 Å². The number of likely N-dealkylation sites (tertiary alicyclic amines) is 1. The Morgan fingerprint density at radius 2 is 1.37 bits per heavy atom. The van der Waals surface area contributed by atoms with Gasteiger partial charge in [-0.3, -0.25) is 9.59 Å². The SMILES string of the molecule is N#C[C@@H]1C[C@@H]2C[C@@H]2N1C(=O)[C@@H](NC(=O)[C@@H](N)C12CC3CC(CC(O)(C3)C1)C2)C12CC3CC(CC(O)(C3)C1)C2. The van der Waals surface area contributed by atoms with Crippen molar-refractivity contribution in [3.05, 3.63) is 0 Å². The van der Waals surface area contributed by atoms with Crippen LogP contribution in [0.15, 0.2) is 0 Å². The van der Waals surface area contributed by atoms with Gasteiger partial charge in [-0.25, -0.2) is 0 Å². The van der Waals surface area contributed by atoms with Crippen LogP contribution in [0.4, 0.5) is 0 Å². The van der Waals surface area contributed by atoms with E-state index in [0.717, 1.165) is 77.0 Å². The third-order valence-corrected chi connectivity index (χ3v) is 12.7. The van der Waals surface area contributed by atoms with Crippen molar-refractivity contribution in [1.29, 1.82) is 5.26 Å². The van der Waals surface area contributed by atoms with Crippen molar-refractivity contribution in [2.45, 2.75) is 125 Å². The van der Waals surface area contributed by atoms with Gasteiger partial charge in [-0.1, -0.05) is 0 Å². The Bertz CT molecular complexity index is 1100. The molecule has 8 heteroatoms. The van der Waals surface area contributed by atoms with Crippen LogP contribution in [0.25, 0.3) is 0 Å². The van der Waals surface area contributed by atoms with E-state index in [1.807, 2.05) is 0 Å². The quantitative estimate of drug-likeness (QED) is 0.435. The van der Waals surface area contributed by atoms with E-state index in [0.29, 0.717) is 42.4 Å². The number of nitrogens with two attached hydrogens (primary N) is 1. The van der Waals surface area contributed by atoms with Gasteiger partial charge < -0.3 is 26.2 Å². The molecule has 9 atom stereocenters. The van der Waals surface area contributed by atoms with Gasteiger partial charge in [0, 0.05) is 11.5 Å². The maximum absolute atomic E-state index is 14.4. The molecule has 0 spiro atoms. The highest BCUT2D eigenvalue weighted by Gasteiger charge is 2.65. The molecule has 8 nitrogen and oxygen atoms in total. The molecule has 38 heavy (non-hydrogen) atoms. The summed E-state index contributed by atoms with van der Waals surface area (Å²) in [6.45, 7) is 0. The summed E-state index contributed by atoms with van der Waals surface area (Å²) in [5, 5.41) is 35.9. The summed E-state index contributed by atoms with van der Waals surface area (Å²) in [6, 6.07) is 0.491. The van der Waals surface area contributed by atoms with Crippen LogP contribution in [0, 0.1) is 51.8 Å². The Morgan fingerprint density at radius 1 is 0.842 bits per heavy atom. The minimum atomic E-state index is -0.772. The molecular weight excluding hydrogens is 480 g/mol. The van der Waals surface area contributed by atoms with Gasteiger partial charge in [-0.15, -0.1) is 0 Å². The lowest BCUT2D eigenvalue weighted by atomic mass is 9.45. The second-order valence-corrected chi connectivity index (χ2v) is 15.7. The van der Waals surface area contributed by atoms with Crippen molar-refractivity contribution in [3.8, 4) is 6.07 Å². The lowest BCUT2D eigenvalue weighted by Gasteiger charge is -2.63. The number of amides is 2. The van der Waals surface area contributed by atoms with Gasteiger partial charge in [0.15, 0.2) is 0 Å². The molecule has 1 aliphatic heterocycles. The molecule has 1 saturated heterocycles. The van der Waals surface area contributed by atoms with Crippen molar-refractivity contribution in [3.63, 3.8) is 0 Å². The topological polar surface area (TPSA) is 140 Å². The number of nitrogens with zero attached hydrogens (tertiary/aromatic N) is 2. The Kier molecular flexibility index (Phi) is 4.78. The maximum Gasteiger partial charge on any atom is 0.247 e. The monoisotopic (exact) mass is 522 g/mol. The minimum Gasteiger partial charge on any atom is -0.390 e. The molecule has 4 unspecified atom stereocenters. The molecular formula is C30H42N4O4. The Hall–Kier alpha value is -1.69. The standard InChI is InChI=1S/C30H42N4O4/c31-13-21-3-20-4-22(20)34(21)26(36)24(28-7-18-2-19(8-28)12-30(38,11-18)15-28)33-25(35)23(32)27-5-16-1-17(6-27)10-29(37,9-16)14-27/h16-24,37-38H,1-12,14-15,32H2,(H,33,35)/t16?,17?,18?,19?,20-,21+,22+,23-,24-,27?,28?,29?,30?/m1/s1. The highest BCUT2D eigenvalue weighted by atomic mass is 16.3. The first-order valence-corrected chi connectivity index (χ1v) is 15.2. The summed E-state index contributed by atoms with van der Waals surface area (Å²) >= 11 is 0. The molecule has 206 valence electrons. The highest BCUT2D eigenvalue weighted by Crippen LogP contribution is 2.64. The zero-order valence-corrected chi connectivity index (χ0v) is 22.3. The number of piperidine rings is 1. The van der Waals surface area contributed by atoms with E-state index < -0.39 is 40.2 Å². The molecule has 0 aromatic rings. The summed E-state index contributed by atoms with van der Waals surface area (Å²) in [5.41, 5.74) is 4.45. The molecule has 10 aliphatic rings. The van der Waals surface area contributed by atoms with Crippen molar-refractivity contribution in [2.75, 3.05) is 0 Å². The number of nitrogens with one attached hydrogen (secondary N) is 1. The van der Waals surface area contributed by atoms with Crippen LogP contribution < -0.4 is 11.1 Å². The molecule has 8 bridgehead atoms. The average molecular weight is 523 g/mol. The van der Waals surface area contributed by atoms with Gasteiger partial charge in [-0.05, 0) is 125 Å². The van der Waals surface area contributed by atoms with Crippen molar-refractivity contribution in [1.82, 2.24) is 10.2 Å². The maximum atomic E-state index is 14.4. The van der Waals surface area contributed by atoms with Crippen LogP contribution in [-0.4, -0.2) is 62.3 Å². The molecule has 9 saturated carbocycles. The normalized spacial score (nSPS) is 54.4. The molecule has 10 fully saturated rings. The number of aliphatic hydroxyl groups is 2.